The van der Waals surface area contributed by atoms with E-state index in [-0.39, 0.29) is 5.91 Å². The Kier molecular flexibility index (Phi) is 4.06. The van der Waals surface area contributed by atoms with Gasteiger partial charge in [0.2, 0.25) is 5.91 Å². The van der Waals surface area contributed by atoms with Crippen LogP contribution in [-0.2, 0) is 17.8 Å². The molecule has 0 N–H and O–H groups in total. The summed E-state index contributed by atoms with van der Waals surface area (Å²) < 4.78 is 0. The van der Waals surface area contributed by atoms with Crippen LogP contribution in [0.25, 0.3) is 0 Å². The Balaban J connectivity index is 1.63. The number of benzene rings is 1. The van der Waals surface area contributed by atoms with Gasteiger partial charge in [0.1, 0.15) is 0 Å². The van der Waals surface area contributed by atoms with E-state index in [9.17, 15) is 4.79 Å². The second-order valence-corrected chi connectivity index (χ2v) is 7.06. The first-order valence-electron chi connectivity index (χ1n) is 7.36. The van der Waals surface area contributed by atoms with Gasteiger partial charge < -0.3 is 4.90 Å². The Morgan fingerprint density at radius 1 is 1.29 bits per heavy atom. The molecule has 2 heterocycles. The van der Waals surface area contributed by atoms with Crippen LogP contribution in [0.5, 0.6) is 0 Å². The zero-order valence-electron chi connectivity index (χ0n) is 12.5. The highest BCUT2D eigenvalue weighted by Crippen LogP contribution is 2.26. The number of amides is 1. The van der Waals surface area contributed by atoms with Gasteiger partial charge in [-0.05, 0) is 31.7 Å². The molecule has 0 saturated carbocycles. The van der Waals surface area contributed by atoms with Crippen LogP contribution in [0.3, 0.4) is 0 Å². The summed E-state index contributed by atoms with van der Waals surface area (Å²) in [5.41, 5.74) is 2.39. The maximum atomic E-state index is 12.2. The van der Waals surface area contributed by atoms with Gasteiger partial charge in [-0.15, -0.1) is 11.3 Å². The smallest absolute Gasteiger partial charge is 0.223 e. The van der Waals surface area contributed by atoms with Crippen molar-refractivity contribution in [3.63, 3.8) is 0 Å². The summed E-state index contributed by atoms with van der Waals surface area (Å²) in [4.78, 5) is 19.9. The Morgan fingerprint density at radius 2 is 2.05 bits per heavy atom. The minimum absolute atomic E-state index is 0.279. The molecule has 1 atom stereocenters. The lowest BCUT2D eigenvalue weighted by molar-refractivity contribution is -0.128. The van der Waals surface area contributed by atoms with Crippen LogP contribution in [0, 0.1) is 19.8 Å². The largest absolute Gasteiger partial charge is 0.337 e. The number of thiazole rings is 1. The molecule has 0 spiro atoms. The minimum atomic E-state index is 0.279. The highest BCUT2D eigenvalue weighted by Gasteiger charge is 2.30. The second kappa shape index (κ2) is 5.98. The predicted molar refractivity (Wildman–Crippen MR) is 85.3 cm³/mol. The van der Waals surface area contributed by atoms with Crippen molar-refractivity contribution in [1.29, 1.82) is 0 Å². The van der Waals surface area contributed by atoms with E-state index in [4.69, 9.17) is 0 Å². The van der Waals surface area contributed by atoms with Crippen LogP contribution in [0.1, 0.15) is 27.6 Å². The quantitative estimate of drug-likeness (QED) is 0.867. The van der Waals surface area contributed by atoms with Crippen LogP contribution < -0.4 is 0 Å². The maximum Gasteiger partial charge on any atom is 0.223 e. The SMILES string of the molecule is Cc1nc(C)c(CN2C[C@@H](Cc3ccccc3)CC2=O)s1. The number of carbonyl (C=O) groups is 1. The number of aryl methyl sites for hydroxylation is 2. The second-order valence-electron chi connectivity index (χ2n) is 5.78. The number of hydrogen-bond acceptors (Lipinski definition) is 3. The van der Waals surface area contributed by atoms with E-state index >= 15 is 0 Å². The van der Waals surface area contributed by atoms with Crippen molar-refractivity contribution in [2.45, 2.75) is 33.2 Å². The van der Waals surface area contributed by atoms with E-state index in [0.717, 1.165) is 30.2 Å². The average molecular weight is 300 g/mol. The van der Waals surface area contributed by atoms with Crippen molar-refractivity contribution in [3.8, 4) is 0 Å². The highest BCUT2D eigenvalue weighted by molar-refractivity contribution is 7.11. The number of hydrogen-bond donors (Lipinski definition) is 0. The van der Waals surface area contributed by atoms with Crippen molar-refractivity contribution in [2.24, 2.45) is 5.92 Å². The summed E-state index contributed by atoms with van der Waals surface area (Å²) in [6.07, 6.45) is 1.66. The molecule has 1 aliphatic rings. The Hall–Kier alpha value is -1.68. The van der Waals surface area contributed by atoms with Crippen molar-refractivity contribution in [1.82, 2.24) is 9.88 Å². The van der Waals surface area contributed by atoms with Gasteiger partial charge in [0.05, 0.1) is 17.2 Å². The molecular weight excluding hydrogens is 280 g/mol. The molecule has 3 nitrogen and oxygen atoms in total. The lowest BCUT2D eigenvalue weighted by Gasteiger charge is -2.16. The summed E-state index contributed by atoms with van der Waals surface area (Å²) in [6, 6.07) is 10.4. The molecule has 1 aromatic carbocycles. The van der Waals surface area contributed by atoms with E-state index in [1.807, 2.05) is 24.8 Å². The minimum Gasteiger partial charge on any atom is -0.337 e. The Bertz CT molecular complexity index is 635. The molecule has 0 unspecified atom stereocenters. The molecular formula is C17H20N2OS. The standard InChI is InChI=1S/C17H20N2OS/c1-12-16(21-13(2)18-12)11-19-10-15(9-17(19)20)8-14-6-4-3-5-7-14/h3-7,15H,8-11H2,1-2H3/t15-/m0/s1. The van der Waals surface area contributed by atoms with Gasteiger partial charge >= 0.3 is 0 Å². The third-order valence-electron chi connectivity index (χ3n) is 4.00. The third-order valence-corrected chi connectivity index (χ3v) is 5.05. The van der Waals surface area contributed by atoms with Crippen molar-refractivity contribution in [2.75, 3.05) is 6.54 Å². The number of likely N-dealkylation sites (tertiary alicyclic amines) is 1. The van der Waals surface area contributed by atoms with Crippen molar-refractivity contribution < 1.29 is 4.79 Å². The van der Waals surface area contributed by atoms with E-state index in [0.29, 0.717) is 12.3 Å². The number of rotatable bonds is 4. The summed E-state index contributed by atoms with van der Waals surface area (Å²) in [6.45, 7) is 5.64. The summed E-state index contributed by atoms with van der Waals surface area (Å²) >= 11 is 1.70. The third kappa shape index (κ3) is 3.32. The summed E-state index contributed by atoms with van der Waals surface area (Å²) in [5.74, 6) is 0.718. The van der Waals surface area contributed by atoms with E-state index in [1.165, 1.54) is 10.4 Å². The lowest BCUT2D eigenvalue weighted by atomic mass is 9.99. The lowest BCUT2D eigenvalue weighted by Crippen LogP contribution is -2.24. The maximum absolute atomic E-state index is 12.2. The van der Waals surface area contributed by atoms with Crippen molar-refractivity contribution >= 4 is 17.2 Å². The van der Waals surface area contributed by atoms with E-state index in [1.54, 1.807) is 11.3 Å². The molecule has 1 saturated heterocycles. The first-order valence-corrected chi connectivity index (χ1v) is 8.18. The first kappa shape index (κ1) is 14.3. The average Bonchev–Trinajstić information content (AvgIpc) is 2.94. The van der Waals surface area contributed by atoms with E-state index in [2.05, 4.69) is 29.2 Å². The zero-order chi connectivity index (χ0) is 14.8. The molecule has 21 heavy (non-hydrogen) atoms. The van der Waals surface area contributed by atoms with Crippen LogP contribution >= 0.6 is 11.3 Å². The van der Waals surface area contributed by atoms with Gasteiger partial charge in [0, 0.05) is 17.8 Å². The molecule has 0 aliphatic carbocycles. The van der Waals surface area contributed by atoms with Gasteiger partial charge in [-0.3, -0.25) is 4.79 Å². The Morgan fingerprint density at radius 3 is 2.71 bits per heavy atom. The fraction of sp³-hybridized carbons (Fsp3) is 0.412. The van der Waals surface area contributed by atoms with Gasteiger partial charge in [0.25, 0.3) is 0 Å². The molecule has 1 aromatic heterocycles. The van der Waals surface area contributed by atoms with Gasteiger partial charge in [-0.1, -0.05) is 30.3 Å². The normalized spacial score (nSPS) is 18.5. The molecule has 1 amide bonds. The number of carbonyl (C=O) groups excluding carboxylic acids is 1. The van der Waals surface area contributed by atoms with Gasteiger partial charge in [-0.2, -0.15) is 0 Å². The molecule has 1 aliphatic heterocycles. The van der Waals surface area contributed by atoms with Crippen LogP contribution in [-0.4, -0.2) is 22.3 Å². The highest BCUT2D eigenvalue weighted by atomic mass is 32.1. The molecule has 3 rings (SSSR count). The van der Waals surface area contributed by atoms with Crippen molar-refractivity contribution in [3.05, 3.63) is 51.5 Å². The zero-order valence-corrected chi connectivity index (χ0v) is 13.3. The molecule has 4 heteroatoms. The summed E-state index contributed by atoms with van der Waals surface area (Å²) in [5, 5.41) is 1.08. The molecule has 0 bridgehead atoms. The molecule has 2 aromatic rings. The van der Waals surface area contributed by atoms with Gasteiger partial charge in [0.15, 0.2) is 0 Å². The molecule has 1 fully saturated rings. The monoisotopic (exact) mass is 300 g/mol. The van der Waals surface area contributed by atoms with E-state index < -0.39 is 0 Å². The predicted octanol–water partition coefficient (Wildman–Crippen LogP) is 3.35. The fourth-order valence-electron chi connectivity index (χ4n) is 2.98. The van der Waals surface area contributed by atoms with Gasteiger partial charge in [-0.25, -0.2) is 4.98 Å². The molecule has 110 valence electrons. The first-order chi connectivity index (χ1) is 10.1. The summed E-state index contributed by atoms with van der Waals surface area (Å²) in [7, 11) is 0. The Labute approximate surface area is 129 Å². The number of nitrogens with zero attached hydrogens (tertiary/aromatic N) is 2. The van der Waals surface area contributed by atoms with Crippen LogP contribution in [0.2, 0.25) is 0 Å². The van der Waals surface area contributed by atoms with Crippen LogP contribution in [0.4, 0.5) is 0 Å². The van der Waals surface area contributed by atoms with Crippen LogP contribution in [0.15, 0.2) is 30.3 Å². The molecule has 0 radical (unpaired) electrons. The fourth-order valence-corrected chi connectivity index (χ4v) is 3.94. The topological polar surface area (TPSA) is 33.2 Å². The number of aromatic nitrogens is 1.